The number of rotatable bonds is 4. The summed E-state index contributed by atoms with van der Waals surface area (Å²) in [4.78, 5) is 15.4. The van der Waals surface area contributed by atoms with Crippen molar-refractivity contribution < 1.29 is 26.5 Å². The summed E-state index contributed by atoms with van der Waals surface area (Å²) < 4.78 is 61.7. The Morgan fingerprint density at radius 1 is 1.32 bits per heavy atom. The summed E-state index contributed by atoms with van der Waals surface area (Å²) in [5.41, 5.74) is -1.11. The molecule has 2 aromatic rings. The number of primary sulfonamides is 1. The van der Waals surface area contributed by atoms with Gasteiger partial charge in [0, 0.05) is 42.2 Å². The molecular formula is C15H15F3N4O4S2. The van der Waals surface area contributed by atoms with E-state index < -0.39 is 37.4 Å². The Hall–Kier alpha value is -2.25. The molecule has 2 N–H and O–H groups in total. The van der Waals surface area contributed by atoms with Gasteiger partial charge < -0.3 is 4.90 Å². The molecule has 0 bridgehead atoms. The van der Waals surface area contributed by atoms with Crippen LogP contribution in [0.5, 0.6) is 0 Å². The first-order valence-electron chi connectivity index (χ1n) is 8.05. The van der Waals surface area contributed by atoms with Gasteiger partial charge in [0.15, 0.2) is 5.69 Å². The quantitative estimate of drug-likeness (QED) is 0.581. The Labute approximate surface area is 162 Å². The zero-order valence-corrected chi connectivity index (χ0v) is 15.9. The second-order valence-corrected chi connectivity index (χ2v) is 8.79. The number of nitrogens with two attached hydrogens (primary N) is 1. The maximum atomic E-state index is 12.8. The molecule has 1 unspecified atom stereocenters. The molecule has 8 nitrogen and oxygen atoms in total. The van der Waals surface area contributed by atoms with Crippen molar-refractivity contribution in [2.24, 2.45) is 5.14 Å². The summed E-state index contributed by atoms with van der Waals surface area (Å²) in [5.74, 6) is -0.299. The first kappa shape index (κ1) is 20.5. The highest BCUT2D eigenvalue weighted by molar-refractivity contribution is 7.89. The standard InChI is InChI=1S/C15H15F3N4O4S2/c16-15(17,18)13-8-27-14(20-13)9-2-1-3-21(7-9)10-4-11(22(23)24)6-12(5-10)28(19,25)26/h4-6,8-9H,1-3,7H2,(H2,19,25,26). The van der Waals surface area contributed by atoms with Crippen LogP contribution in [-0.4, -0.2) is 31.4 Å². The van der Waals surface area contributed by atoms with Gasteiger partial charge in [-0.1, -0.05) is 0 Å². The fourth-order valence-electron chi connectivity index (χ4n) is 3.04. The van der Waals surface area contributed by atoms with Crippen LogP contribution in [0.25, 0.3) is 0 Å². The van der Waals surface area contributed by atoms with Gasteiger partial charge in [-0.2, -0.15) is 13.2 Å². The first-order chi connectivity index (χ1) is 12.9. The molecule has 1 aliphatic heterocycles. The molecule has 1 aromatic carbocycles. The van der Waals surface area contributed by atoms with Crippen LogP contribution in [0.1, 0.15) is 29.5 Å². The van der Waals surface area contributed by atoms with Gasteiger partial charge >= 0.3 is 6.18 Å². The molecule has 28 heavy (non-hydrogen) atoms. The van der Waals surface area contributed by atoms with Gasteiger partial charge in [0.25, 0.3) is 5.69 Å². The number of thiazole rings is 1. The third kappa shape index (κ3) is 4.42. The molecule has 3 rings (SSSR count). The maximum Gasteiger partial charge on any atom is 0.434 e. The lowest BCUT2D eigenvalue weighted by Gasteiger charge is -2.33. The van der Waals surface area contributed by atoms with Crippen LogP contribution in [0.4, 0.5) is 24.5 Å². The average Bonchev–Trinajstić information content (AvgIpc) is 3.11. The van der Waals surface area contributed by atoms with Crippen LogP contribution in [0.15, 0.2) is 28.5 Å². The number of benzene rings is 1. The molecule has 152 valence electrons. The number of alkyl halides is 3. The van der Waals surface area contributed by atoms with Crippen molar-refractivity contribution in [1.29, 1.82) is 0 Å². The number of sulfonamides is 1. The SMILES string of the molecule is NS(=O)(=O)c1cc(N2CCCC(c3nc(C(F)(F)F)cs3)C2)cc([N+](=O)[O-])c1. The fraction of sp³-hybridized carbons (Fsp3) is 0.400. The van der Waals surface area contributed by atoms with Gasteiger partial charge in [-0.15, -0.1) is 11.3 Å². The van der Waals surface area contributed by atoms with Gasteiger partial charge in [-0.3, -0.25) is 10.1 Å². The Morgan fingerprint density at radius 2 is 2.04 bits per heavy atom. The summed E-state index contributed by atoms with van der Waals surface area (Å²) in [5, 5.41) is 17.5. The third-order valence-corrected chi connectivity index (χ3v) is 6.26. The van der Waals surface area contributed by atoms with Gasteiger partial charge in [-0.25, -0.2) is 18.5 Å². The fourth-order valence-corrected chi connectivity index (χ4v) is 4.56. The molecule has 0 aliphatic carbocycles. The average molecular weight is 436 g/mol. The molecule has 1 saturated heterocycles. The topological polar surface area (TPSA) is 119 Å². The van der Waals surface area contributed by atoms with Crippen molar-refractivity contribution in [1.82, 2.24) is 4.98 Å². The zero-order valence-electron chi connectivity index (χ0n) is 14.2. The van der Waals surface area contributed by atoms with Gasteiger partial charge in [0.2, 0.25) is 10.0 Å². The number of hydrogen-bond acceptors (Lipinski definition) is 7. The molecule has 1 fully saturated rings. The van der Waals surface area contributed by atoms with E-state index in [2.05, 4.69) is 4.98 Å². The lowest BCUT2D eigenvalue weighted by atomic mass is 9.98. The molecular weight excluding hydrogens is 421 g/mol. The van der Waals surface area contributed by atoms with Crippen LogP contribution in [0.2, 0.25) is 0 Å². The van der Waals surface area contributed by atoms with Crippen LogP contribution >= 0.6 is 11.3 Å². The van der Waals surface area contributed by atoms with Crippen molar-refractivity contribution >= 4 is 32.7 Å². The second kappa shape index (κ2) is 7.29. The number of halogens is 3. The monoisotopic (exact) mass is 436 g/mol. The molecule has 1 aromatic heterocycles. The number of nitro groups is 1. The van der Waals surface area contributed by atoms with Gasteiger partial charge in [0.05, 0.1) is 14.8 Å². The Balaban J connectivity index is 1.91. The molecule has 0 spiro atoms. The summed E-state index contributed by atoms with van der Waals surface area (Å²) in [6.07, 6.45) is -3.30. The number of nitrogens with zero attached hydrogens (tertiary/aromatic N) is 3. The van der Waals surface area contributed by atoms with E-state index >= 15 is 0 Å². The van der Waals surface area contributed by atoms with Crippen LogP contribution in [0.3, 0.4) is 0 Å². The number of non-ortho nitro benzene ring substituents is 1. The van der Waals surface area contributed by atoms with Gasteiger partial charge in [-0.05, 0) is 18.9 Å². The third-order valence-electron chi connectivity index (χ3n) is 4.36. The van der Waals surface area contributed by atoms with E-state index in [4.69, 9.17) is 5.14 Å². The summed E-state index contributed by atoms with van der Waals surface area (Å²) in [6, 6.07) is 3.32. The lowest BCUT2D eigenvalue weighted by molar-refractivity contribution is -0.385. The van der Waals surface area contributed by atoms with Crippen molar-refractivity contribution in [3.63, 3.8) is 0 Å². The van der Waals surface area contributed by atoms with E-state index in [-0.39, 0.29) is 18.2 Å². The maximum absolute atomic E-state index is 12.8. The van der Waals surface area contributed by atoms with E-state index in [0.29, 0.717) is 24.4 Å². The van der Waals surface area contributed by atoms with Crippen molar-refractivity contribution in [2.45, 2.75) is 29.8 Å². The first-order valence-corrected chi connectivity index (χ1v) is 10.5. The molecule has 13 heteroatoms. The van der Waals surface area contributed by atoms with Crippen molar-refractivity contribution in [3.8, 4) is 0 Å². The predicted octanol–water partition coefficient (Wildman–Crippen LogP) is 3.10. The van der Waals surface area contributed by atoms with Crippen LogP contribution in [-0.2, 0) is 16.2 Å². The second-order valence-electron chi connectivity index (χ2n) is 6.34. The van der Waals surface area contributed by atoms with Crippen molar-refractivity contribution in [2.75, 3.05) is 18.0 Å². The summed E-state index contributed by atoms with van der Waals surface area (Å²) >= 11 is 0.914. The zero-order chi connectivity index (χ0) is 20.7. The number of piperidine rings is 1. The molecule has 1 atom stereocenters. The number of nitro benzene ring substituents is 1. The minimum atomic E-state index is -4.52. The van der Waals surface area contributed by atoms with E-state index in [1.165, 1.54) is 12.1 Å². The van der Waals surface area contributed by atoms with Crippen LogP contribution in [0, 0.1) is 10.1 Å². The predicted molar refractivity (Wildman–Crippen MR) is 95.8 cm³/mol. The summed E-state index contributed by atoms with van der Waals surface area (Å²) in [6.45, 7) is 0.731. The Morgan fingerprint density at radius 3 is 2.61 bits per heavy atom. The number of anilines is 1. The highest BCUT2D eigenvalue weighted by Gasteiger charge is 2.35. The van der Waals surface area contributed by atoms with E-state index in [0.717, 1.165) is 22.8 Å². The Bertz CT molecular complexity index is 1010. The lowest BCUT2D eigenvalue weighted by Crippen LogP contribution is -2.34. The molecule has 1 aliphatic rings. The highest BCUT2D eigenvalue weighted by Crippen LogP contribution is 2.37. The molecule has 0 radical (unpaired) electrons. The summed E-state index contributed by atoms with van der Waals surface area (Å²) in [7, 11) is -4.17. The Kier molecular flexibility index (Phi) is 5.34. The normalized spacial score (nSPS) is 18.3. The highest BCUT2D eigenvalue weighted by atomic mass is 32.2. The number of aromatic nitrogens is 1. The van der Waals surface area contributed by atoms with E-state index in [9.17, 15) is 31.7 Å². The number of hydrogen-bond donors (Lipinski definition) is 1. The molecule has 0 saturated carbocycles. The minimum Gasteiger partial charge on any atom is -0.371 e. The minimum absolute atomic E-state index is 0.260. The van der Waals surface area contributed by atoms with Gasteiger partial charge in [0.1, 0.15) is 0 Å². The van der Waals surface area contributed by atoms with Crippen LogP contribution < -0.4 is 10.0 Å². The molecule has 2 heterocycles. The molecule has 0 amide bonds. The largest absolute Gasteiger partial charge is 0.434 e. The van der Waals surface area contributed by atoms with E-state index in [1.54, 1.807) is 4.90 Å². The van der Waals surface area contributed by atoms with E-state index in [1.807, 2.05) is 0 Å². The smallest absolute Gasteiger partial charge is 0.371 e. The van der Waals surface area contributed by atoms with Crippen molar-refractivity contribution in [3.05, 3.63) is 44.4 Å².